The van der Waals surface area contributed by atoms with Crippen molar-refractivity contribution in [3.05, 3.63) is 42.4 Å². The minimum absolute atomic E-state index is 0.672. The molecule has 0 fully saturated rings. The Balaban J connectivity index is 1.52. The van der Waals surface area contributed by atoms with Crippen LogP contribution in [-0.4, -0.2) is 8.75 Å². The largest absolute Gasteiger partial charge is 0.172 e. The topological polar surface area (TPSA) is 25.8 Å². The molecule has 2 nitrogen and oxygen atoms in total. The first-order valence-electron chi connectivity index (χ1n) is 11.5. The van der Waals surface area contributed by atoms with Crippen molar-refractivity contribution in [1.82, 2.24) is 8.75 Å². The highest BCUT2D eigenvalue weighted by Crippen LogP contribution is 2.46. The molecule has 0 radical (unpaired) electrons. The van der Waals surface area contributed by atoms with Crippen molar-refractivity contribution in [1.29, 1.82) is 0 Å². The molecule has 0 bridgehead atoms. The van der Waals surface area contributed by atoms with Gasteiger partial charge in [-0.15, -0.1) is 22.7 Å². The minimum Gasteiger partial charge on any atom is -0.172 e. The Morgan fingerprint density at radius 2 is 1.70 bits per heavy atom. The fourth-order valence-electron chi connectivity index (χ4n) is 4.21. The fourth-order valence-corrected chi connectivity index (χ4v) is 8.31. The molecule has 0 N–H and O–H groups in total. The standard InChI is InChI=1S/C25H27Br2ClN2S3/c1-3-4-5-6-7-8-9-15(2)12-16-13-20(32-25(16)27)22-18(28)14-17(19-10-11-21(26)31-19)23-24(22)30-33-29-23/h10-11,13-15H,3-9,12H2,1-2H3. The van der Waals surface area contributed by atoms with Gasteiger partial charge in [0.1, 0.15) is 11.0 Å². The van der Waals surface area contributed by atoms with Gasteiger partial charge in [-0.2, -0.15) is 8.75 Å². The molecular weight excluding hydrogens is 620 g/mol. The molecule has 0 amide bonds. The van der Waals surface area contributed by atoms with E-state index < -0.39 is 0 Å². The summed E-state index contributed by atoms with van der Waals surface area (Å²) in [5.74, 6) is 0.672. The Kier molecular flexibility index (Phi) is 9.44. The zero-order valence-corrected chi connectivity index (χ0v) is 25.2. The summed E-state index contributed by atoms with van der Waals surface area (Å²) in [6.45, 7) is 4.65. The number of halogens is 3. The summed E-state index contributed by atoms with van der Waals surface area (Å²) in [5, 5.41) is 0.732. The molecule has 3 aromatic heterocycles. The van der Waals surface area contributed by atoms with Gasteiger partial charge in [0.05, 0.1) is 24.3 Å². The maximum atomic E-state index is 6.87. The van der Waals surface area contributed by atoms with Crippen molar-refractivity contribution < 1.29 is 0 Å². The highest BCUT2D eigenvalue weighted by atomic mass is 79.9. The first kappa shape index (κ1) is 25.8. The molecular formula is C25H27Br2ClN2S3. The number of rotatable bonds is 11. The Labute approximate surface area is 230 Å². The third-order valence-electron chi connectivity index (χ3n) is 5.95. The van der Waals surface area contributed by atoms with Gasteiger partial charge in [0.15, 0.2) is 0 Å². The molecule has 0 aliphatic rings. The maximum Gasteiger partial charge on any atom is 0.115 e. The van der Waals surface area contributed by atoms with Gasteiger partial charge in [-0.3, -0.25) is 0 Å². The van der Waals surface area contributed by atoms with Gasteiger partial charge >= 0.3 is 0 Å². The Hall–Kier alpha value is -0.310. The van der Waals surface area contributed by atoms with Gasteiger partial charge < -0.3 is 0 Å². The average Bonchev–Trinajstić information content (AvgIpc) is 3.51. The van der Waals surface area contributed by atoms with E-state index in [1.807, 2.05) is 6.07 Å². The molecule has 33 heavy (non-hydrogen) atoms. The van der Waals surface area contributed by atoms with Crippen LogP contribution in [0.1, 0.15) is 64.4 Å². The third-order valence-corrected chi connectivity index (χ3v) is 10.4. The molecule has 0 saturated heterocycles. The SMILES string of the molecule is CCCCCCCCC(C)Cc1cc(-c2c(Cl)cc(-c3ccc(Br)s3)c3nsnc23)sc1Br. The summed E-state index contributed by atoms with van der Waals surface area (Å²) in [4.78, 5) is 2.30. The average molecular weight is 647 g/mol. The second-order valence-electron chi connectivity index (χ2n) is 8.62. The maximum absolute atomic E-state index is 6.87. The number of unbranched alkanes of at least 4 members (excludes halogenated alkanes) is 5. The molecule has 0 aliphatic heterocycles. The lowest BCUT2D eigenvalue weighted by molar-refractivity contribution is 0.481. The van der Waals surface area contributed by atoms with Gasteiger partial charge in [-0.25, -0.2) is 0 Å². The molecule has 1 aromatic carbocycles. The van der Waals surface area contributed by atoms with E-state index >= 15 is 0 Å². The van der Waals surface area contributed by atoms with E-state index in [0.29, 0.717) is 5.92 Å². The highest BCUT2D eigenvalue weighted by molar-refractivity contribution is 9.11. The number of thiophene rings is 2. The normalized spacial score (nSPS) is 12.6. The van der Waals surface area contributed by atoms with Gasteiger partial charge in [0, 0.05) is 20.9 Å². The van der Waals surface area contributed by atoms with Crippen LogP contribution < -0.4 is 0 Å². The smallest absolute Gasteiger partial charge is 0.115 e. The number of nitrogens with zero attached hydrogens (tertiary/aromatic N) is 2. The summed E-state index contributed by atoms with van der Waals surface area (Å²) in [5.41, 5.74) is 5.24. The summed E-state index contributed by atoms with van der Waals surface area (Å²) < 4.78 is 11.6. The highest BCUT2D eigenvalue weighted by Gasteiger charge is 2.21. The van der Waals surface area contributed by atoms with Crippen LogP contribution in [0.15, 0.2) is 31.8 Å². The quantitative estimate of drug-likeness (QED) is 0.152. The van der Waals surface area contributed by atoms with Crippen LogP contribution in [0.4, 0.5) is 0 Å². The molecule has 4 rings (SSSR count). The number of hydrogen-bond donors (Lipinski definition) is 0. The van der Waals surface area contributed by atoms with Crippen molar-refractivity contribution in [2.24, 2.45) is 5.92 Å². The van der Waals surface area contributed by atoms with E-state index in [-0.39, 0.29) is 0 Å². The molecule has 3 heterocycles. The first-order chi connectivity index (χ1) is 16.0. The van der Waals surface area contributed by atoms with Crippen molar-refractivity contribution in [2.75, 3.05) is 0 Å². The van der Waals surface area contributed by atoms with Crippen molar-refractivity contribution in [2.45, 2.75) is 65.2 Å². The summed E-state index contributed by atoms with van der Waals surface area (Å²) in [6, 6.07) is 8.51. The monoisotopic (exact) mass is 644 g/mol. The van der Waals surface area contributed by atoms with Gasteiger partial charge in [-0.05, 0) is 74.0 Å². The molecule has 4 aromatic rings. The first-order valence-corrected chi connectivity index (χ1v) is 15.8. The Morgan fingerprint density at radius 1 is 0.939 bits per heavy atom. The van der Waals surface area contributed by atoms with Crippen LogP contribution in [0.3, 0.4) is 0 Å². The van der Waals surface area contributed by atoms with Crippen molar-refractivity contribution >= 4 is 88.9 Å². The van der Waals surface area contributed by atoms with Crippen molar-refractivity contribution in [3.8, 4) is 20.9 Å². The van der Waals surface area contributed by atoms with Crippen LogP contribution in [0.25, 0.3) is 31.9 Å². The van der Waals surface area contributed by atoms with Gasteiger partial charge in [0.2, 0.25) is 0 Å². The Bertz CT molecular complexity index is 1210. The van der Waals surface area contributed by atoms with E-state index in [2.05, 4.69) is 72.7 Å². The summed E-state index contributed by atoms with van der Waals surface area (Å²) >= 11 is 18.9. The van der Waals surface area contributed by atoms with E-state index in [4.69, 9.17) is 11.6 Å². The summed E-state index contributed by atoms with van der Waals surface area (Å²) in [6.07, 6.45) is 10.5. The molecule has 1 atom stereocenters. The number of benzene rings is 1. The van der Waals surface area contributed by atoms with Crippen LogP contribution >= 0.6 is 77.9 Å². The van der Waals surface area contributed by atoms with Crippen LogP contribution in [0, 0.1) is 5.92 Å². The third kappa shape index (κ3) is 6.28. The van der Waals surface area contributed by atoms with Crippen LogP contribution in [-0.2, 0) is 6.42 Å². The lowest BCUT2D eigenvalue weighted by Gasteiger charge is -2.10. The second kappa shape index (κ2) is 12.1. The predicted molar refractivity (Wildman–Crippen MR) is 155 cm³/mol. The molecule has 1 unspecified atom stereocenters. The fraction of sp³-hybridized carbons (Fsp3) is 0.440. The molecule has 0 aliphatic carbocycles. The second-order valence-corrected chi connectivity index (χ2v) is 14.4. The van der Waals surface area contributed by atoms with Crippen LogP contribution in [0.5, 0.6) is 0 Å². The lowest BCUT2D eigenvalue weighted by atomic mass is 9.96. The van der Waals surface area contributed by atoms with Gasteiger partial charge in [-0.1, -0.05) is 70.4 Å². The summed E-state index contributed by atoms with van der Waals surface area (Å²) in [7, 11) is 0. The molecule has 0 spiro atoms. The number of aromatic nitrogens is 2. The number of hydrogen-bond acceptors (Lipinski definition) is 5. The van der Waals surface area contributed by atoms with E-state index in [9.17, 15) is 0 Å². The lowest BCUT2D eigenvalue weighted by Crippen LogP contribution is -1.99. The molecule has 0 saturated carbocycles. The van der Waals surface area contributed by atoms with E-state index in [1.54, 1.807) is 22.7 Å². The zero-order chi connectivity index (χ0) is 23.4. The van der Waals surface area contributed by atoms with Gasteiger partial charge in [0.25, 0.3) is 0 Å². The molecule has 8 heteroatoms. The number of fused-ring (bicyclic) bond motifs is 1. The minimum atomic E-state index is 0.672. The predicted octanol–water partition coefficient (Wildman–Crippen LogP) is 11.3. The van der Waals surface area contributed by atoms with Crippen LogP contribution in [0.2, 0.25) is 5.02 Å². The zero-order valence-electron chi connectivity index (χ0n) is 18.8. The van der Waals surface area contributed by atoms with Crippen molar-refractivity contribution in [3.63, 3.8) is 0 Å². The van der Waals surface area contributed by atoms with E-state index in [1.165, 1.54) is 66.0 Å². The Morgan fingerprint density at radius 3 is 2.45 bits per heavy atom. The van der Waals surface area contributed by atoms with E-state index in [0.717, 1.165) is 47.1 Å². The molecule has 176 valence electrons.